The summed E-state index contributed by atoms with van der Waals surface area (Å²) in [5, 5.41) is 13.7. The Morgan fingerprint density at radius 1 is 1.33 bits per heavy atom. The van der Waals surface area contributed by atoms with Gasteiger partial charge in [0.05, 0.1) is 6.10 Å². The Balaban J connectivity index is 2.40. The van der Waals surface area contributed by atoms with Gasteiger partial charge in [0, 0.05) is 18.2 Å². The van der Waals surface area contributed by atoms with E-state index in [0.29, 0.717) is 0 Å². The van der Waals surface area contributed by atoms with Gasteiger partial charge in [-0.3, -0.25) is 0 Å². The van der Waals surface area contributed by atoms with Crippen LogP contribution in [0.1, 0.15) is 37.0 Å². The van der Waals surface area contributed by atoms with Gasteiger partial charge < -0.3 is 10.4 Å². The lowest BCUT2D eigenvalue weighted by Crippen LogP contribution is -2.21. The highest BCUT2D eigenvalue weighted by Gasteiger charge is 2.21. The van der Waals surface area contributed by atoms with Crippen LogP contribution in [0.3, 0.4) is 0 Å². The van der Waals surface area contributed by atoms with Gasteiger partial charge >= 0.3 is 0 Å². The molecule has 1 aliphatic rings. The Morgan fingerprint density at radius 2 is 2.06 bits per heavy atom. The Bertz CT molecular complexity index is 472. The minimum atomic E-state index is -0.263. The highest BCUT2D eigenvalue weighted by atomic mass is 16.3. The summed E-state index contributed by atoms with van der Waals surface area (Å²) in [6.07, 6.45) is 3.47. The Labute approximate surface area is 110 Å². The summed E-state index contributed by atoms with van der Waals surface area (Å²) >= 11 is 0. The Morgan fingerprint density at radius 3 is 2.72 bits per heavy atom. The van der Waals surface area contributed by atoms with E-state index in [1.807, 2.05) is 0 Å². The number of allylic oxidation sites excluding steroid dienone is 1. The first-order valence-corrected chi connectivity index (χ1v) is 6.65. The minimum absolute atomic E-state index is 0.229. The first-order valence-electron chi connectivity index (χ1n) is 6.65. The van der Waals surface area contributed by atoms with E-state index in [1.54, 1.807) is 0 Å². The van der Waals surface area contributed by atoms with E-state index < -0.39 is 0 Å². The number of aliphatic hydroxyl groups excluding tert-OH is 1. The highest BCUT2D eigenvalue weighted by molar-refractivity contribution is 5.58. The molecule has 98 valence electrons. The van der Waals surface area contributed by atoms with Crippen LogP contribution in [0.2, 0.25) is 0 Å². The zero-order chi connectivity index (χ0) is 13.3. The zero-order valence-electron chi connectivity index (χ0n) is 11.7. The molecule has 2 rings (SSSR count). The second-order valence-corrected chi connectivity index (χ2v) is 5.70. The SMILES string of the molecule is CC(C)=C[C@@H]1C[C@@H](O)Cc2c(C)cc(C)cc2N1. The molecule has 0 aromatic heterocycles. The molecule has 0 saturated heterocycles. The molecule has 0 saturated carbocycles. The summed E-state index contributed by atoms with van der Waals surface area (Å²) in [6.45, 7) is 8.44. The van der Waals surface area contributed by atoms with Crippen molar-refractivity contribution in [1.82, 2.24) is 0 Å². The molecular formula is C16H23NO. The third kappa shape index (κ3) is 2.94. The summed E-state index contributed by atoms with van der Waals surface area (Å²) < 4.78 is 0. The van der Waals surface area contributed by atoms with Crippen molar-refractivity contribution in [2.75, 3.05) is 5.32 Å². The van der Waals surface area contributed by atoms with Crippen molar-refractivity contribution in [1.29, 1.82) is 0 Å². The lowest BCUT2D eigenvalue weighted by molar-refractivity contribution is 0.165. The molecule has 0 bridgehead atoms. The summed E-state index contributed by atoms with van der Waals surface area (Å²) in [5.41, 5.74) is 6.28. The fraction of sp³-hybridized carbons (Fsp3) is 0.500. The molecule has 1 aromatic carbocycles. The third-order valence-electron chi connectivity index (χ3n) is 3.46. The van der Waals surface area contributed by atoms with Crippen LogP contribution in [-0.4, -0.2) is 17.3 Å². The van der Waals surface area contributed by atoms with Gasteiger partial charge in [0.15, 0.2) is 0 Å². The topological polar surface area (TPSA) is 32.3 Å². The van der Waals surface area contributed by atoms with Crippen molar-refractivity contribution in [3.63, 3.8) is 0 Å². The predicted molar refractivity (Wildman–Crippen MR) is 77.1 cm³/mol. The Hall–Kier alpha value is -1.28. The maximum atomic E-state index is 10.1. The van der Waals surface area contributed by atoms with E-state index in [2.05, 4.69) is 51.2 Å². The van der Waals surface area contributed by atoms with Crippen LogP contribution in [0.5, 0.6) is 0 Å². The molecule has 0 unspecified atom stereocenters. The maximum Gasteiger partial charge on any atom is 0.0604 e. The van der Waals surface area contributed by atoms with E-state index in [0.717, 1.165) is 12.8 Å². The molecule has 1 heterocycles. The lowest BCUT2D eigenvalue weighted by Gasteiger charge is -2.17. The van der Waals surface area contributed by atoms with Crippen LogP contribution in [0, 0.1) is 13.8 Å². The molecule has 2 nitrogen and oxygen atoms in total. The number of nitrogens with one attached hydrogen (secondary N) is 1. The minimum Gasteiger partial charge on any atom is -0.393 e. The van der Waals surface area contributed by atoms with E-state index in [1.165, 1.54) is 28.0 Å². The van der Waals surface area contributed by atoms with E-state index >= 15 is 0 Å². The number of hydrogen-bond donors (Lipinski definition) is 2. The smallest absolute Gasteiger partial charge is 0.0604 e. The van der Waals surface area contributed by atoms with Crippen molar-refractivity contribution in [2.45, 2.75) is 52.7 Å². The van der Waals surface area contributed by atoms with Gasteiger partial charge in [0.1, 0.15) is 0 Å². The lowest BCUT2D eigenvalue weighted by atomic mass is 9.98. The fourth-order valence-electron chi connectivity index (χ4n) is 2.78. The van der Waals surface area contributed by atoms with Crippen molar-refractivity contribution < 1.29 is 5.11 Å². The van der Waals surface area contributed by atoms with Gasteiger partial charge in [0.25, 0.3) is 0 Å². The second-order valence-electron chi connectivity index (χ2n) is 5.70. The molecule has 0 radical (unpaired) electrons. The summed E-state index contributed by atoms with van der Waals surface area (Å²) in [5.74, 6) is 0. The van der Waals surface area contributed by atoms with Crippen LogP contribution in [0.4, 0.5) is 5.69 Å². The van der Waals surface area contributed by atoms with Crippen molar-refractivity contribution >= 4 is 5.69 Å². The van der Waals surface area contributed by atoms with Crippen molar-refractivity contribution in [3.8, 4) is 0 Å². The molecule has 0 aliphatic carbocycles. The summed E-state index contributed by atoms with van der Waals surface area (Å²) in [6, 6.07) is 4.60. The quantitative estimate of drug-likeness (QED) is 0.744. The number of aliphatic hydroxyl groups is 1. The first-order chi connectivity index (χ1) is 8.45. The van der Waals surface area contributed by atoms with Crippen LogP contribution in [0.25, 0.3) is 0 Å². The molecular weight excluding hydrogens is 222 g/mol. The largest absolute Gasteiger partial charge is 0.393 e. The van der Waals surface area contributed by atoms with Gasteiger partial charge in [-0.25, -0.2) is 0 Å². The predicted octanol–water partition coefficient (Wildman–Crippen LogP) is 3.36. The average Bonchev–Trinajstić information content (AvgIpc) is 2.35. The van der Waals surface area contributed by atoms with Crippen LogP contribution in [0.15, 0.2) is 23.8 Å². The number of rotatable bonds is 1. The second kappa shape index (κ2) is 5.15. The molecule has 18 heavy (non-hydrogen) atoms. The standard InChI is InChI=1S/C16H23NO/c1-10(2)5-13-8-14(18)9-15-12(4)6-11(3)7-16(15)17-13/h5-7,13-14,17-18H,8-9H2,1-4H3/t13-,14-/m1/s1. The molecule has 0 spiro atoms. The number of benzene rings is 1. The molecule has 0 amide bonds. The zero-order valence-corrected chi connectivity index (χ0v) is 11.7. The summed E-state index contributed by atoms with van der Waals surface area (Å²) in [4.78, 5) is 0. The molecule has 2 heteroatoms. The molecule has 1 aromatic rings. The average molecular weight is 245 g/mol. The van der Waals surface area contributed by atoms with Crippen LogP contribution in [-0.2, 0) is 6.42 Å². The van der Waals surface area contributed by atoms with Gasteiger partial charge in [-0.15, -0.1) is 0 Å². The van der Waals surface area contributed by atoms with Gasteiger partial charge in [-0.1, -0.05) is 17.7 Å². The highest BCUT2D eigenvalue weighted by Crippen LogP contribution is 2.29. The van der Waals surface area contributed by atoms with Gasteiger partial charge in [-0.2, -0.15) is 0 Å². The molecule has 2 atom stereocenters. The first kappa shape index (κ1) is 13.2. The van der Waals surface area contributed by atoms with Crippen LogP contribution < -0.4 is 5.32 Å². The van der Waals surface area contributed by atoms with E-state index in [4.69, 9.17) is 0 Å². The number of aryl methyl sites for hydroxylation is 2. The number of fused-ring (bicyclic) bond motifs is 1. The summed E-state index contributed by atoms with van der Waals surface area (Å²) in [7, 11) is 0. The molecule has 0 fully saturated rings. The maximum absolute atomic E-state index is 10.1. The Kier molecular flexibility index (Phi) is 3.76. The monoisotopic (exact) mass is 245 g/mol. The van der Waals surface area contributed by atoms with Gasteiger partial charge in [-0.05, 0) is 56.9 Å². The molecule has 1 aliphatic heterocycles. The van der Waals surface area contributed by atoms with Crippen molar-refractivity contribution in [3.05, 3.63) is 40.5 Å². The third-order valence-corrected chi connectivity index (χ3v) is 3.46. The van der Waals surface area contributed by atoms with Gasteiger partial charge in [0.2, 0.25) is 0 Å². The van der Waals surface area contributed by atoms with Crippen molar-refractivity contribution in [2.24, 2.45) is 0 Å². The van der Waals surface area contributed by atoms with E-state index in [9.17, 15) is 5.11 Å². The van der Waals surface area contributed by atoms with Crippen LogP contribution >= 0.6 is 0 Å². The number of anilines is 1. The normalized spacial score (nSPS) is 22.7. The fourth-order valence-corrected chi connectivity index (χ4v) is 2.78. The van der Waals surface area contributed by atoms with E-state index in [-0.39, 0.29) is 12.1 Å². The number of hydrogen-bond acceptors (Lipinski definition) is 2. The molecule has 2 N–H and O–H groups in total.